The standard InChI is InChI=1S/C19H15NO3/c1-4-14-16(13-9-7-6-8-10-13)11-12-20-17(14)18(21)15(5-2)19(22)23-3/h2,4,6-12,21H,1H2,3H3/b18-15-. The number of aliphatic hydroxyl groups is 1. The minimum absolute atomic E-state index is 0.180. The van der Waals surface area contributed by atoms with Gasteiger partial charge in [-0.15, -0.1) is 6.42 Å². The van der Waals surface area contributed by atoms with Crippen molar-refractivity contribution in [1.82, 2.24) is 4.98 Å². The molecule has 0 spiro atoms. The van der Waals surface area contributed by atoms with Crippen LogP contribution in [0.25, 0.3) is 23.0 Å². The van der Waals surface area contributed by atoms with E-state index in [1.165, 1.54) is 13.3 Å². The van der Waals surface area contributed by atoms with Gasteiger partial charge < -0.3 is 9.84 Å². The van der Waals surface area contributed by atoms with Crippen LogP contribution in [0.1, 0.15) is 11.3 Å². The molecule has 0 aliphatic carbocycles. The molecule has 1 aromatic heterocycles. The predicted molar refractivity (Wildman–Crippen MR) is 90.2 cm³/mol. The van der Waals surface area contributed by atoms with E-state index in [1.54, 1.807) is 12.1 Å². The lowest BCUT2D eigenvalue weighted by Gasteiger charge is -2.11. The Kier molecular flexibility index (Phi) is 4.96. The number of pyridine rings is 1. The summed E-state index contributed by atoms with van der Waals surface area (Å²) in [7, 11) is 1.19. The zero-order chi connectivity index (χ0) is 16.8. The molecule has 0 unspecified atom stereocenters. The molecular weight excluding hydrogens is 290 g/mol. The fourth-order valence-electron chi connectivity index (χ4n) is 2.18. The van der Waals surface area contributed by atoms with Gasteiger partial charge in [-0.1, -0.05) is 48.9 Å². The highest BCUT2D eigenvalue weighted by atomic mass is 16.5. The molecule has 2 aromatic rings. The summed E-state index contributed by atoms with van der Waals surface area (Å²) < 4.78 is 4.58. The third-order valence-electron chi connectivity index (χ3n) is 3.27. The van der Waals surface area contributed by atoms with Crippen molar-refractivity contribution in [2.24, 2.45) is 0 Å². The SMILES string of the molecule is C#C/C(C(=O)OC)=C(/O)c1nccc(-c2ccccc2)c1C=C. The van der Waals surface area contributed by atoms with Crippen LogP contribution >= 0.6 is 0 Å². The number of carbonyl (C=O) groups excluding carboxylic acids is 1. The van der Waals surface area contributed by atoms with Gasteiger partial charge in [-0.25, -0.2) is 4.79 Å². The number of ether oxygens (including phenoxy) is 1. The zero-order valence-corrected chi connectivity index (χ0v) is 12.6. The summed E-state index contributed by atoms with van der Waals surface area (Å²) in [4.78, 5) is 15.8. The van der Waals surface area contributed by atoms with Crippen molar-refractivity contribution in [3.63, 3.8) is 0 Å². The van der Waals surface area contributed by atoms with E-state index in [1.807, 2.05) is 30.3 Å². The van der Waals surface area contributed by atoms with Gasteiger partial charge in [0.15, 0.2) is 11.3 Å². The highest BCUT2D eigenvalue weighted by Gasteiger charge is 2.19. The molecule has 0 amide bonds. The van der Waals surface area contributed by atoms with Gasteiger partial charge in [0.05, 0.1) is 7.11 Å². The second-order valence-electron chi connectivity index (χ2n) is 4.55. The highest BCUT2D eigenvalue weighted by molar-refractivity contribution is 6.01. The van der Waals surface area contributed by atoms with Gasteiger partial charge in [0.1, 0.15) is 5.69 Å². The maximum Gasteiger partial charge on any atom is 0.350 e. The predicted octanol–water partition coefficient (Wildman–Crippen LogP) is 3.47. The summed E-state index contributed by atoms with van der Waals surface area (Å²) in [5.41, 5.74) is 2.22. The Hall–Kier alpha value is -3.32. The van der Waals surface area contributed by atoms with Crippen LogP contribution in [-0.2, 0) is 9.53 Å². The van der Waals surface area contributed by atoms with Crippen molar-refractivity contribution < 1.29 is 14.6 Å². The molecule has 0 saturated carbocycles. The Labute approximate surface area is 134 Å². The maximum absolute atomic E-state index is 11.7. The highest BCUT2D eigenvalue weighted by Crippen LogP contribution is 2.29. The number of esters is 1. The molecule has 0 bridgehead atoms. The van der Waals surface area contributed by atoms with Crippen LogP contribution in [0.5, 0.6) is 0 Å². The number of aliphatic hydroxyl groups excluding tert-OH is 1. The van der Waals surface area contributed by atoms with Gasteiger partial charge in [0.2, 0.25) is 0 Å². The molecular formula is C19H15NO3. The van der Waals surface area contributed by atoms with E-state index in [0.29, 0.717) is 5.56 Å². The molecule has 4 heteroatoms. The number of methoxy groups -OCH3 is 1. The summed E-state index contributed by atoms with van der Waals surface area (Å²) in [6, 6.07) is 11.4. The molecule has 0 fully saturated rings. The van der Waals surface area contributed by atoms with E-state index in [0.717, 1.165) is 11.1 Å². The fourth-order valence-corrected chi connectivity index (χ4v) is 2.18. The number of rotatable bonds is 4. The second-order valence-corrected chi connectivity index (χ2v) is 4.55. The summed E-state index contributed by atoms with van der Waals surface area (Å²) >= 11 is 0. The van der Waals surface area contributed by atoms with Crippen molar-refractivity contribution in [3.05, 3.63) is 66.0 Å². The number of aromatic nitrogens is 1. The molecule has 1 aromatic carbocycles. The van der Waals surface area contributed by atoms with Crippen LogP contribution in [0.15, 0.2) is 54.7 Å². The lowest BCUT2D eigenvalue weighted by Crippen LogP contribution is -2.08. The molecule has 0 atom stereocenters. The fraction of sp³-hybridized carbons (Fsp3) is 0.0526. The average molecular weight is 305 g/mol. The summed E-state index contributed by atoms with van der Waals surface area (Å²) in [6.07, 6.45) is 8.40. The number of terminal acetylenes is 1. The van der Waals surface area contributed by atoms with Gasteiger partial charge in [-0.3, -0.25) is 4.98 Å². The van der Waals surface area contributed by atoms with E-state index >= 15 is 0 Å². The van der Waals surface area contributed by atoms with E-state index < -0.39 is 11.7 Å². The van der Waals surface area contributed by atoms with Crippen molar-refractivity contribution in [2.45, 2.75) is 0 Å². The first-order chi connectivity index (χ1) is 11.1. The van der Waals surface area contributed by atoms with Crippen LogP contribution in [0.4, 0.5) is 0 Å². The second kappa shape index (κ2) is 7.10. The molecule has 114 valence electrons. The largest absolute Gasteiger partial charge is 0.504 e. The Morgan fingerprint density at radius 1 is 1.35 bits per heavy atom. The van der Waals surface area contributed by atoms with E-state index in [9.17, 15) is 9.90 Å². The Balaban J connectivity index is 2.71. The first kappa shape index (κ1) is 16.1. The van der Waals surface area contributed by atoms with Crippen LogP contribution in [-0.4, -0.2) is 23.2 Å². The van der Waals surface area contributed by atoms with E-state index in [2.05, 4.69) is 22.2 Å². The first-order valence-corrected chi connectivity index (χ1v) is 6.79. The zero-order valence-electron chi connectivity index (χ0n) is 12.6. The van der Waals surface area contributed by atoms with E-state index in [4.69, 9.17) is 6.42 Å². The van der Waals surface area contributed by atoms with Crippen molar-refractivity contribution in [2.75, 3.05) is 7.11 Å². The minimum atomic E-state index is -0.799. The Bertz CT molecular complexity index is 814. The van der Waals surface area contributed by atoms with Gasteiger partial charge in [-0.05, 0) is 17.2 Å². The number of benzene rings is 1. The Morgan fingerprint density at radius 2 is 2.04 bits per heavy atom. The van der Waals surface area contributed by atoms with Gasteiger partial charge in [0, 0.05) is 11.8 Å². The van der Waals surface area contributed by atoms with E-state index in [-0.39, 0.29) is 11.3 Å². The average Bonchev–Trinajstić information content (AvgIpc) is 2.61. The topological polar surface area (TPSA) is 59.4 Å². The van der Waals surface area contributed by atoms with Gasteiger partial charge in [-0.2, -0.15) is 0 Å². The number of carbonyl (C=O) groups is 1. The molecule has 1 heterocycles. The van der Waals surface area contributed by atoms with Crippen LogP contribution in [0.2, 0.25) is 0 Å². The summed E-state index contributed by atoms with van der Waals surface area (Å²) in [5, 5.41) is 10.4. The number of nitrogens with zero attached hydrogens (tertiary/aromatic N) is 1. The van der Waals surface area contributed by atoms with Crippen molar-refractivity contribution in [3.8, 4) is 23.5 Å². The van der Waals surface area contributed by atoms with Gasteiger partial charge >= 0.3 is 5.97 Å². The third-order valence-corrected chi connectivity index (χ3v) is 3.27. The number of hydrogen-bond donors (Lipinski definition) is 1. The first-order valence-electron chi connectivity index (χ1n) is 6.79. The molecule has 0 aliphatic rings. The van der Waals surface area contributed by atoms with Crippen LogP contribution in [0.3, 0.4) is 0 Å². The molecule has 0 saturated heterocycles. The van der Waals surface area contributed by atoms with Crippen molar-refractivity contribution >= 4 is 17.8 Å². The van der Waals surface area contributed by atoms with Crippen LogP contribution in [0, 0.1) is 12.3 Å². The molecule has 4 nitrogen and oxygen atoms in total. The molecule has 0 radical (unpaired) electrons. The molecule has 0 aliphatic heterocycles. The number of hydrogen-bond acceptors (Lipinski definition) is 4. The summed E-state index contributed by atoms with van der Waals surface area (Å²) in [6.45, 7) is 3.77. The van der Waals surface area contributed by atoms with Crippen molar-refractivity contribution in [1.29, 1.82) is 0 Å². The molecule has 2 rings (SSSR count). The van der Waals surface area contributed by atoms with Gasteiger partial charge in [0.25, 0.3) is 0 Å². The minimum Gasteiger partial charge on any atom is -0.504 e. The summed E-state index contributed by atoms with van der Waals surface area (Å²) in [5.74, 6) is 0.933. The quantitative estimate of drug-likeness (QED) is 0.407. The lowest BCUT2D eigenvalue weighted by atomic mass is 9.97. The normalized spacial score (nSPS) is 11.1. The lowest BCUT2D eigenvalue weighted by molar-refractivity contribution is -0.135. The monoisotopic (exact) mass is 305 g/mol. The molecule has 23 heavy (non-hydrogen) atoms. The Morgan fingerprint density at radius 3 is 2.61 bits per heavy atom. The smallest absolute Gasteiger partial charge is 0.350 e. The van der Waals surface area contributed by atoms with Crippen LogP contribution < -0.4 is 0 Å². The molecule has 1 N–H and O–H groups in total. The maximum atomic E-state index is 11.7. The third kappa shape index (κ3) is 3.14.